The van der Waals surface area contributed by atoms with Gasteiger partial charge in [0.2, 0.25) is 0 Å². The lowest BCUT2D eigenvalue weighted by molar-refractivity contribution is -0.143. The molecule has 1 aliphatic heterocycles. The van der Waals surface area contributed by atoms with Crippen LogP contribution in [0.4, 0.5) is 5.69 Å². The van der Waals surface area contributed by atoms with Gasteiger partial charge in [0.25, 0.3) is 0 Å². The Morgan fingerprint density at radius 1 is 0.806 bits per heavy atom. The quantitative estimate of drug-likeness (QED) is 0.0923. The number of carbonyl (C=O) groups is 3. The molecule has 0 aromatic heterocycles. The molecule has 202 valence electrons. The standard InChI is InChI=1S/C22H34IN5O8/c23-24-17-3-1-16(2-4-17)18(28(14-21(33)34)15-22(35)36)11-25-5-7-26(12-19(29)30)9-10-27(8-6-25)13-20(31)32/h1-4,18-19,24,29-30H,5-15H2,(H,31,32)(H,33,34)(H,35,36). The van der Waals surface area contributed by atoms with Gasteiger partial charge in [-0.15, -0.1) is 0 Å². The van der Waals surface area contributed by atoms with Crippen molar-refractivity contribution >= 4 is 46.5 Å². The fourth-order valence-corrected chi connectivity index (χ4v) is 4.56. The third-order valence-electron chi connectivity index (χ3n) is 5.93. The highest BCUT2D eigenvalue weighted by molar-refractivity contribution is 14.1. The molecule has 0 bridgehead atoms. The maximum Gasteiger partial charge on any atom is 0.317 e. The fraction of sp³-hybridized carbons (Fsp3) is 0.591. The van der Waals surface area contributed by atoms with Crippen molar-refractivity contribution in [3.63, 3.8) is 0 Å². The molecular weight excluding hydrogens is 589 g/mol. The summed E-state index contributed by atoms with van der Waals surface area (Å²) >= 11 is 1.99. The number of rotatable bonds is 13. The third-order valence-corrected chi connectivity index (χ3v) is 6.55. The molecule has 1 aliphatic rings. The summed E-state index contributed by atoms with van der Waals surface area (Å²) in [4.78, 5) is 41.5. The highest BCUT2D eigenvalue weighted by atomic mass is 127. The predicted octanol–water partition coefficient (Wildman–Crippen LogP) is -0.724. The molecule has 1 saturated heterocycles. The van der Waals surface area contributed by atoms with Gasteiger partial charge in [0, 0.05) is 64.1 Å². The second-order valence-corrected chi connectivity index (χ2v) is 9.22. The molecule has 0 spiro atoms. The zero-order chi connectivity index (χ0) is 26.7. The van der Waals surface area contributed by atoms with E-state index in [4.69, 9.17) is 0 Å². The largest absolute Gasteiger partial charge is 0.480 e. The van der Waals surface area contributed by atoms with E-state index in [2.05, 4.69) is 3.53 Å². The van der Waals surface area contributed by atoms with Gasteiger partial charge in [-0.25, -0.2) is 0 Å². The number of aliphatic hydroxyl groups is 2. The van der Waals surface area contributed by atoms with E-state index in [1.807, 2.05) is 56.9 Å². The first-order chi connectivity index (χ1) is 17.1. The SMILES string of the molecule is O=C(O)CN1CCN(CC(O)O)CCN(CC(c2ccc(NI)cc2)N(CC(=O)O)CC(=O)O)CC1. The molecule has 1 aromatic rings. The molecular formula is C22H34IN5O8. The minimum atomic E-state index is -1.54. The molecule has 6 N–H and O–H groups in total. The van der Waals surface area contributed by atoms with Crippen molar-refractivity contribution in [2.45, 2.75) is 12.3 Å². The maximum absolute atomic E-state index is 11.6. The Kier molecular flexibility index (Phi) is 12.8. The average molecular weight is 623 g/mol. The Bertz CT molecular complexity index is 843. The van der Waals surface area contributed by atoms with Gasteiger partial charge in [-0.05, 0) is 17.7 Å². The molecule has 1 aromatic carbocycles. The van der Waals surface area contributed by atoms with Crippen LogP contribution in [-0.4, -0.2) is 141 Å². The Labute approximate surface area is 223 Å². The van der Waals surface area contributed by atoms with Crippen molar-refractivity contribution in [3.8, 4) is 0 Å². The van der Waals surface area contributed by atoms with Crippen LogP contribution in [0.25, 0.3) is 0 Å². The fourth-order valence-electron chi connectivity index (χ4n) is 4.20. The highest BCUT2D eigenvalue weighted by Gasteiger charge is 2.28. The van der Waals surface area contributed by atoms with E-state index >= 15 is 0 Å². The van der Waals surface area contributed by atoms with Crippen molar-refractivity contribution in [1.29, 1.82) is 0 Å². The van der Waals surface area contributed by atoms with Gasteiger partial charge in [-0.1, -0.05) is 12.1 Å². The lowest BCUT2D eigenvalue weighted by atomic mass is 10.0. The molecule has 36 heavy (non-hydrogen) atoms. The zero-order valence-electron chi connectivity index (χ0n) is 19.9. The smallest absolute Gasteiger partial charge is 0.317 e. The number of hydrogen-bond donors (Lipinski definition) is 6. The number of nitrogens with one attached hydrogen (secondary N) is 1. The summed E-state index contributed by atoms with van der Waals surface area (Å²) in [5.74, 6) is -3.26. The number of carboxylic acids is 3. The van der Waals surface area contributed by atoms with E-state index in [-0.39, 0.29) is 13.1 Å². The molecule has 13 nitrogen and oxygen atoms in total. The third kappa shape index (κ3) is 10.9. The topological polar surface area (TPSA) is 177 Å². The zero-order valence-corrected chi connectivity index (χ0v) is 22.0. The second-order valence-electron chi connectivity index (χ2n) is 8.68. The van der Waals surface area contributed by atoms with Gasteiger partial charge < -0.3 is 29.1 Å². The summed E-state index contributed by atoms with van der Waals surface area (Å²) in [5, 5.41) is 47.1. The molecule has 1 atom stereocenters. The summed E-state index contributed by atoms with van der Waals surface area (Å²) in [5.41, 5.74) is 1.59. The van der Waals surface area contributed by atoms with E-state index in [1.54, 1.807) is 4.90 Å². The van der Waals surface area contributed by atoms with Gasteiger partial charge >= 0.3 is 17.9 Å². The van der Waals surface area contributed by atoms with Crippen molar-refractivity contribution in [2.75, 3.05) is 75.5 Å². The number of β-amino-alcohol motifs (C(OH)–C–C–N with tert-alkyl or cyclic N) is 2. The molecule has 1 unspecified atom stereocenters. The predicted molar refractivity (Wildman–Crippen MR) is 139 cm³/mol. The molecule has 1 heterocycles. The van der Waals surface area contributed by atoms with Crippen LogP contribution in [0.5, 0.6) is 0 Å². The van der Waals surface area contributed by atoms with Crippen LogP contribution in [0.15, 0.2) is 24.3 Å². The van der Waals surface area contributed by atoms with Crippen molar-refractivity contribution < 1.29 is 39.9 Å². The number of anilines is 1. The Balaban J connectivity index is 2.33. The van der Waals surface area contributed by atoms with Crippen LogP contribution in [0.3, 0.4) is 0 Å². The molecule has 0 saturated carbocycles. The first-order valence-electron chi connectivity index (χ1n) is 11.5. The van der Waals surface area contributed by atoms with E-state index < -0.39 is 43.3 Å². The van der Waals surface area contributed by atoms with Gasteiger partial charge in [0.1, 0.15) is 0 Å². The lowest BCUT2D eigenvalue weighted by Crippen LogP contribution is -2.46. The van der Waals surface area contributed by atoms with E-state index in [1.165, 1.54) is 4.90 Å². The lowest BCUT2D eigenvalue weighted by Gasteiger charge is -2.35. The molecule has 0 aliphatic carbocycles. The summed E-state index contributed by atoms with van der Waals surface area (Å²) in [6.07, 6.45) is -1.54. The monoisotopic (exact) mass is 623 g/mol. The number of halogens is 1. The van der Waals surface area contributed by atoms with Gasteiger partial charge in [0.05, 0.1) is 42.5 Å². The van der Waals surface area contributed by atoms with Gasteiger partial charge in [-0.3, -0.25) is 34.0 Å². The number of aliphatic hydroxyl groups excluding tert-OH is 1. The Hall–Kier alpha value is -2.08. The van der Waals surface area contributed by atoms with Crippen LogP contribution in [0, 0.1) is 0 Å². The highest BCUT2D eigenvalue weighted by Crippen LogP contribution is 2.24. The average Bonchev–Trinajstić information content (AvgIpc) is 2.87. The molecule has 14 heteroatoms. The van der Waals surface area contributed by atoms with Crippen LogP contribution < -0.4 is 3.53 Å². The summed E-state index contributed by atoms with van der Waals surface area (Å²) in [6, 6.07) is 6.73. The Morgan fingerprint density at radius 3 is 1.69 bits per heavy atom. The van der Waals surface area contributed by atoms with Crippen LogP contribution in [0.2, 0.25) is 0 Å². The van der Waals surface area contributed by atoms with Crippen molar-refractivity contribution in [1.82, 2.24) is 19.6 Å². The van der Waals surface area contributed by atoms with Crippen LogP contribution >= 0.6 is 22.9 Å². The van der Waals surface area contributed by atoms with Crippen LogP contribution in [-0.2, 0) is 14.4 Å². The minimum Gasteiger partial charge on any atom is -0.480 e. The number of nitrogens with zero attached hydrogens (tertiary/aromatic N) is 4. The number of carboxylic acid groups (broad SMARTS) is 3. The van der Waals surface area contributed by atoms with Crippen molar-refractivity contribution in [3.05, 3.63) is 29.8 Å². The summed E-state index contributed by atoms with van der Waals surface area (Å²) < 4.78 is 2.99. The molecule has 1 fully saturated rings. The Morgan fingerprint density at radius 2 is 1.28 bits per heavy atom. The first-order valence-corrected chi connectivity index (χ1v) is 12.5. The van der Waals surface area contributed by atoms with E-state index in [9.17, 15) is 39.9 Å². The number of benzene rings is 1. The number of aliphatic carboxylic acids is 3. The van der Waals surface area contributed by atoms with Crippen molar-refractivity contribution in [2.24, 2.45) is 0 Å². The summed E-state index contributed by atoms with van der Waals surface area (Å²) in [7, 11) is 0. The molecule has 2 rings (SSSR count). The molecule has 0 amide bonds. The van der Waals surface area contributed by atoms with E-state index in [0.717, 1.165) is 11.3 Å². The normalized spacial score (nSPS) is 17.4. The van der Waals surface area contributed by atoms with Crippen LogP contribution in [0.1, 0.15) is 11.6 Å². The van der Waals surface area contributed by atoms with Gasteiger partial charge in [-0.2, -0.15) is 0 Å². The minimum absolute atomic E-state index is 0.00704. The second kappa shape index (κ2) is 15.2. The number of hydrogen-bond acceptors (Lipinski definition) is 10. The van der Waals surface area contributed by atoms with Gasteiger partial charge in [0.15, 0.2) is 6.29 Å². The maximum atomic E-state index is 11.6. The first kappa shape index (κ1) is 30.1. The van der Waals surface area contributed by atoms with E-state index in [0.29, 0.717) is 45.8 Å². The summed E-state index contributed by atoms with van der Waals surface area (Å²) in [6.45, 7) is 1.97. The molecule has 0 radical (unpaired) electrons.